The van der Waals surface area contributed by atoms with Gasteiger partial charge in [0.15, 0.2) is 0 Å². The molecule has 77 heavy (non-hydrogen) atoms. The van der Waals surface area contributed by atoms with Gasteiger partial charge in [0.05, 0.1) is 62.2 Å². The number of piperidine rings is 1. The molecule has 10 heterocycles. The number of nitrogens with zero attached hydrogens (tertiary/aromatic N) is 6. The topological polar surface area (TPSA) is 184 Å². The number of nitrogens with one attached hydrogen (secondary N) is 2. The first kappa shape index (κ1) is 52.9. The number of likely N-dealkylation sites (tertiary alicyclic amines) is 2. The van der Waals surface area contributed by atoms with Crippen molar-refractivity contribution in [3.05, 3.63) is 59.4 Å². The van der Waals surface area contributed by atoms with Gasteiger partial charge in [-0.25, -0.2) is 10.4 Å². The maximum atomic E-state index is 15.1. The molecule has 0 radical (unpaired) electrons. The summed E-state index contributed by atoms with van der Waals surface area (Å²) in [6, 6.07) is 6.91. The van der Waals surface area contributed by atoms with Crippen LogP contribution in [0.15, 0.2) is 41.1 Å². The molecule has 1 aromatic carbocycles. The summed E-state index contributed by atoms with van der Waals surface area (Å²) in [5, 5.41) is 5.64. The molecule has 1 saturated carbocycles. The molecule has 8 aliphatic rings. The van der Waals surface area contributed by atoms with E-state index in [1.165, 1.54) is 23.4 Å². The van der Waals surface area contributed by atoms with Gasteiger partial charge in [0.2, 0.25) is 11.8 Å². The molecule has 2 amide bonds. The average Bonchev–Trinajstić information content (AvgIpc) is 4.12. The molecule has 1 aliphatic carbocycles. The number of esters is 1. The molecular weight excluding hydrogens is 981 g/mol. The number of aromatic nitrogens is 3. The summed E-state index contributed by atoms with van der Waals surface area (Å²) >= 11 is 0. The minimum absolute atomic E-state index is 0.0145. The van der Waals surface area contributed by atoms with Gasteiger partial charge >= 0.3 is 5.97 Å². The van der Waals surface area contributed by atoms with Gasteiger partial charge < -0.3 is 47.6 Å². The van der Waals surface area contributed by atoms with Crippen molar-refractivity contribution in [3.8, 4) is 22.5 Å². The number of carbonyl (C=O) groups is 3. The lowest BCUT2D eigenvalue weighted by Gasteiger charge is -2.57. The third kappa shape index (κ3) is 10.6. The zero-order valence-corrected chi connectivity index (χ0v) is 46.3. The Bertz CT molecular complexity index is 2840. The van der Waals surface area contributed by atoms with E-state index in [1.807, 2.05) is 6.92 Å². The largest absolute Gasteiger partial charge is 0.464 e. The monoisotopic (exact) mass is 1060 g/mol. The SMILES string of the molecule is CO[C@@H](C)c1ncc(C2CCN(C3CC3)CC2)cc1-c1c2c3cc(ccc3n1CCOC1CCOC(C)(C)C1)-c1coc(n1)[C@@H](N1CC3(COC3)C1)[C@H](NC(=O)[C@@H]1OC[C@@H]1C)C(=O)N1CCC[C@H](N1)C(=O)OCC(C)(C)C2. The molecule has 12 rings (SSSR count). The maximum Gasteiger partial charge on any atom is 0.324 e. The predicted molar refractivity (Wildman–Crippen MR) is 286 cm³/mol. The number of oxazole rings is 1. The Morgan fingerprint density at radius 3 is 2.49 bits per heavy atom. The van der Waals surface area contributed by atoms with Crippen molar-refractivity contribution in [2.75, 3.05) is 79.5 Å². The first-order valence-corrected chi connectivity index (χ1v) is 28.7. The summed E-state index contributed by atoms with van der Waals surface area (Å²) in [5.41, 5.74) is 10.1. The van der Waals surface area contributed by atoms with Crippen molar-refractivity contribution in [1.82, 2.24) is 40.1 Å². The second-order valence-electron chi connectivity index (χ2n) is 25.3. The fourth-order valence-electron chi connectivity index (χ4n) is 13.4. The van der Waals surface area contributed by atoms with E-state index >= 15 is 4.79 Å². The highest BCUT2D eigenvalue weighted by atomic mass is 16.5. The molecule has 4 aromatic rings. The van der Waals surface area contributed by atoms with Crippen LogP contribution in [0.5, 0.6) is 0 Å². The quantitative estimate of drug-likeness (QED) is 0.140. The van der Waals surface area contributed by atoms with Gasteiger partial charge in [-0.05, 0) is 120 Å². The number of rotatable bonds is 12. The average molecular weight is 1060 g/mol. The van der Waals surface area contributed by atoms with E-state index < -0.39 is 41.5 Å². The highest BCUT2D eigenvalue weighted by Gasteiger charge is 2.55. The lowest BCUT2D eigenvalue weighted by molar-refractivity contribution is -0.205. The van der Waals surface area contributed by atoms with Gasteiger partial charge in [-0.15, -0.1) is 0 Å². The summed E-state index contributed by atoms with van der Waals surface area (Å²) in [6.07, 6.45) is 10.8. The minimum Gasteiger partial charge on any atom is -0.464 e. The minimum atomic E-state index is -1.14. The number of fused-ring (bicyclic) bond motifs is 6. The molecule has 6 saturated heterocycles. The molecular formula is C59H80N8O10. The highest BCUT2D eigenvalue weighted by Crippen LogP contribution is 2.46. The number of hydrogen-bond donors (Lipinski definition) is 2. The third-order valence-corrected chi connectivity index (χ3v) is 18.0. The second-order valence-corrected chi connectivity index (χ2v) is 25.3. The van der Waals surface area contributed by atoms with E-state index in [-0.39, 0.29) is 41.7 Å². The molecule has 7 atom stereocenters. The van der Waals surface area contributed by atoms with Gasteiger partial charge in [-0.1, -0.05) is 26.8 Å². The molecule has 7 fully saturated rings. The summed E-state index contributed by atoms with van der Waals surface area (Å²) in [7, 11) is 1.74. The molecule has 18 nitrogen and oxygen atoms in total. The van der Waals surface area contributed by atoms with Gasteiger partial charge in [-0.3, -0.25) is 29.3 Å². The second kappa shape index (κ2) is 21.0. The van der Waals surface area contributed by atoms with Crippen molar-refractivity contribution in [2.45, 2.75) is 160 Å². The van der Waals surface area contributed by atoms with E-state index in [9.17, 15) is 9.59 Å². The van der Waals surface area contributed by atoms with Gasteiger partial charge in [0, 0.05) is 97.3 Å². The number of methoxy groups -OCH3 is 1. The lowest BCUT2D eigenvalue weighted by atomic mass is 9.76. The van der Waals surface area contributed by atoms with Gasteiger partial charge in [0.25, 0.3) is 5.91 Å². The molecule has 1 unspecified atom stereocenters. The maximum absolute atomic E-state index is 15.1. The Kier molecular flexibility index (Phi) is 14.4. The fourth-order valence-corrected chi connectivity index (χ4v) is 13.4. The molecule has 416 valence electrons. The summed E-state index contributed by atoms with van der Waals surface area (Å²) in [4.78, 5) is 59.0. The van der Waals surface area contributed by atoms with Crippen LogP contribution in [0.1, 0.15) is 134 Å². The zero-order valence-electron chi connectivity index (χ0n) is 46.3. The summed E-state index contributed by atoms with van der Waals surface area (Å²) in [5.74, 6) is -0.538. The molecule has 7 aliphatic heterocycles. The van der Waals surface area contributed by atoms with Gasteiger partial charge in [-0.2, -0.15) is 0 Å². The van der Waals surface area contributed by atoms with Crippen molar-refractivity contribution in [2.24, 2.45) is 16.7 Å². The van der Waals surface area contributed by atoms with E-state index in [4.69, 9.17) is 42.8 Å². The number of benzene rings is 1. The number of hydrazine groups is 1. The van der Waals surface area contributed by atoms with Crippen LogP contribution < -0.4 is 10.7 Å². The van der Waals surface area contributed by atoms with Crippen molar-refractivity contribution < 1.29 is 47.2 Å². The summed E-state index contributed by atoms with van der Waals surface area (Å²) < 4.78 is 45.8. The standard InChI is InChI=1S/C59H80N8O10/c1-35-28-74-52(35)53(68)62-49-51(65-30-59(31-65)33-72-34-59)54-61-46(29-75-54)38-10-13-47-42(23-38)44(26-57(3,4)32-76-56(70)45-9-8-17-67(63-45)55(49)69)50(66(47)20-22-73-41-16-21-77-58(5,6)25-41)43-24-39(27-60-48(43)36(2)71-7)37-14-18-64(19-15-37)40-11-12-40/h10,13,23-24,27,29,35-37,40-41,45,49,51-52,63H,8-9,11-12,14-22,25-26,28,30-34H2,1-7H3,(H,62,68)/t35-,36-,41?,45-,49-,51-,52+/m0/s1. The Hall–Kier alpha value is -4.79. The van der Waals surface area contributed by atoms with Crippen LogP contribution in [0.4, 0.5) is 0 Å². The molecule has 3 aromatic heterocycles. The predicted octanol–water partition coefficient (Wildman–Crippen LogP) is 6.90. The van der Waals surface area contributed by atoms with E-state index in [2.05, 4.69) is 90.2 Å². The van der Waals surface area contributed by atoms with Gasteiger partial charge in [0.1, 0.15) is 36.2 Å². The van der Waals surface area contributed by atoms with E-state index in [0.29, 0.717) is 96.0 Å². The van der Waals surface area contributed by atoms with E-state index in [0.717, 1.165) is 83.8 Å². The molecule has 1 spiro atoms. The Balaban J connectivity index is 1.00. The zero-order chi connectivity index (χ0) is 53.4. The van der Waals surface area contributed by atoms with Crippen molar-refractivity contribution in [3.63, 3.8) is 0 Å². The van der Waals surface area contributed by atoms with Crippen LogP contribution in [0.25, 0.3) is 33.4 Å². The normalized spacial score (nSPS) is 29.3. The number of hydrogen-bond acceptors (Lipinski definition) is 15. The smallest absolute Gasteiger partial charge is 0.324 e. The van der Waals surface area contributed by atoms with Crippen LogP contribution in [0.2, 0.25) is 0 Å². The Labute approximate surface area is 452 Å². The third-order valence-electron chi connectivity index (χ3n) is 18.0. The number of ether oxygens (including phenoxy) is 6. The van der Waals surface area contributed by atoms with Crippen LogP contribution in [0, 0.1) is 16.7 Å². The van der Waals surface area contributed by atoms with E-state index in [1.54, 1.807) is 13.4 Å². The first-order valence-electron chi connectivity index (χ1n) is 28.7. The summed E-state index contributed by atoms with van der Waals surface area (Å²) in [6.45, 7) is 19.9. The van der Waals surface area contributed by atoms with Crippen LogP contribution >= 0.6 is 0 Å². The van der Waals surface area contributed by atoms with Crippen molar-refractivity contribution >= 4 is 28.7 Å². The Morgan fingerprint density at radius 1 is 0.987 bits per heavy atom. The molecule has 6 bridgehead atoms. The van der Waals surface area contributed by atoms with Crippen molar-refractivity contribution in [1.29, 1.82) is 0 Å². The van der Waals surface area contributed by atoms with Crippen LogP contribution in [0.3, 0.4) is 0 Å². The van der Waals surface area contributed by atoms with Crippen LogP contribution in [-0.4, -0.2) is 163 Å². The lowest BCUT2D eigenvalue weighted by Crippen LogP contribution is -2.70. The van der Waals surface area contributed by atoms with Crippen LogP contribution in [-0.2, 0) is 55.8 Å². The fraction of sp³-hybridized carbons (Fsp3) is 0.678. The Morgan fingerprint density at radius 2 is 1.79 bits per heavy atom. The number of cyclic esters (lactones) is 1. The number of pyridine rings is 1. The molecule has 18 heteroatoms. The first-order chi connectivity index (χ1) is 37.0. The number of carbonyl (C=O) groups excluding carboxylic acids is 3. The highest BCUT2D eigenvalue weighted by molar-refractivity contribution is 5.95. The molecule has 2 N–H and O–H groups in total. The number of amides is 2.